The normalized spacial score (nSPS) is 0. The van der Waals surface area contributed by atoms with Gasteiger partial charge in [0.2, 0.25) is 0 Å². The van der Waals surface area contributed by atoms with E-state index in [9.17, 15) is 0 Å². The SMILES string of the molecule is [Ca+2].[OH-].[OH-].[Zn+2]. The first-order valence-corrected chi connectivity index (χ1v) is 0. The molecule has 0 aliphatic carbocycles. The van der Waals surface area contributed by atoms with E-state index in [1.165, 1.54) is 0 Å². The molecule has 0 aliphatic heterocycles. The van der Waals surface area contributed by atoms with Gasteiger partial charge in [-0.05, 0) is 0 Å². The summed E-state index contributed by atoms with van der Waals surface area (Å²) in [6, 6.07) is 0. The summed E-state index contributed by atoms with van der Waals surface area (Å²) in [6.45, 7) is 0. The predicted octanol–water partition coefficient (Wildman–Crippen LogP) is -0.737. The van der Waals surface area contributed by atoms with Crippen LogP contribution in [0.1, 0.15) is 0 Å². The predicted molar refractivity (Wildman–Crippen MR) is 9.63 cm³/mol. The molecule has 0 fully saturated rings. The molecule has 0 aliphatic rings. The van der Waals surface area contributed by atoms with Crippen molar-refractivity contribution in [3.8, 4) is 0 Å². The third-order valence-corrected chi connectivity index (χ3v) is 0. The molecule has 4 heavy (non-hydrogen) atoms. The van der Waals surface area contributed by atoms with Crippen LogP contribution in [-0.2, 0) is 19.5 Å². The standard InChI is InChI=1S/Ca.2H2O.Zn/h;2*1H2;/q+2;;;+2/p-2. The fraction of sp³-hybridized carbons (Fsp3) is 0. The van der Waals surface area contributed by atoms with Crippen molar-refractivity contribution in [2.24, 2.45) is 0 Å². The Hall–Kier alpha value is 1.80. The van der Waals surface area contributed by atoms with Crippen molar-refractivity contribution in [3.63, 3.8) is 0 Å². The van der Waals surface area contributed by atoms with Gasteiger partial charge in [0.1, 0.15) is 0 Å². The minimum Gasteiger partial charge on any atom is -0.870 e. The van der Waals surface area contributed by atoms with Gasteiger partial charge in [-0.2, -0.15) is 0 Å². The van der Waals surface area contributed by atoms with Crippen molar-refractivity contribution in [1.82, 2.24) is 0 Å². The molecule has 0 saturated heterocycles. The van der Waals surface area contributed by atoms with Crippen molar-refractivity contribution in [3.05, 3.63) is 0 Å². The zero-order valence-electron chi connectivity index (χ0n) is 2.31. The third-order valence-electron chi connectivity index (χ3n) is 0. The minimum absolute atomic E-state index is 0. The van der Waals surface area contributed by atoms with Gasteiger partial charge in [-0.25, -0.2) is 0 Å². The molecule has 0 rings (SSSR count). The Labute approximate surface area is 67.3 Å². The zero-order valence-corrected chi connectivity index (χ0v) is 7.48. The van der Waals surface area contributed by atoms with E-state index < -0.39 is 0 Å². The molecule has 0 heterocycles. The van der Waals surface area contributed by atoms with Crippen molar-refractivity contribution >= 4 is 37.7 Å². The summed E-state index contributed by atoms with van der Waals surface area (Å²) in [4.78, 5) is 0. The maximum absolute atomic E-state index is 0. The third kappa shape index (κ3) is 9.19. The second-order valence-corrected chi connectivity index (χ2v) is 0. The number of hydrogen-bond donors (Lipinski definition) is 0. The maximum Gasteiger partial charge on any atom is 2.00 e. The first-order valence-electron chi connectivity index (χ1n) is 0. The minimum atomic E-state index is 0. The second kappa shape index (κ2) is 21.4. The Morgan fingerprint density at radius 1 is 0.750 bits per heavy atom. The van der Waals surface area contributed by atoms with E-state index in [0.717, 1.165) is 0 Å². The van der Waals surface area contributed by atoms with Gasteiger partial charge in [-0.3, -0.25) is 0 Å². The van der Waals surface area contributed by atoms with E-state index in [-0.39, 0.29) is 68.2 Å². The second-order valence-electron chi connectivity index (χ2n) is 0. The molecule has 2 nitrogen and oxygen atoms in total. The molecule has 0 saturated carbocycles. The Balaban J connectivity index is 0. The largest absolute Gasteiger partial charge is 2.00 e. The van der Waals surface area contributed by atoms with Crippen LogP contribution < -0.4 is 0 Å². The molecule has 16 valence electrons. The fourth-order valence-corrected chi connectivity index (χ4v) is 0. The van der Waals surface area contributed by atoms with Crippen LogP contribution in [0.3, 0.4) is 0 Å². The van der Waals surface area contributed by atoms with Gasteiger partial charge in [0.15, 0.2) is 0 Å². The molecule has 0 radical (unpaired) electrons. The van der Waals surface area contributed by atoms with E-state index in [4.69, 9.17) is 0 Å². The van der Waals surface area contributed by atoms with E-state index in [0.29, 0.717) is 0 Å². The number of rotatable bonds is 0. The molecule has 0 amide bonds. The summed E-state index contributed by atoms with van der Waals surface area (Å²) in [5.74, 6) is 0. The molecule has 2 N–H and O–H groups in total. The summed E-state index contributed by atoms with van der Waals surface area (Å²) in [6.07, 6.45) is 0. The fourth-order valence-electron chi connectivity index (χ4n) is 0. The van der Waals surface area contributed by atoms with Gasteiger partial charge in [-0.15, -0.1) is 0 Å². The Morgan fingerprint density at radius 3 is 0.750 bits per heavy atom. The molecule has 0 unspecified atom stereocenters. The van der Waals surface area contributed by atoms with Crippen LogP contribution in [0, 0.1) is 0 Å². The quantitative estimate of drug-likeness (QED) is 0.415. The van der Waals surface area contributed by atoms with Crippen LogP contribution in [0.25, 0.3) is 0 Å². The maximum atomic E-state index is 0. The summed E-state index contributed by atoms with van der Waals surface area (Å²) in [7, 11) is 0. The Morgan fingerprint density at radius 2 is 0.750 bits per heavy atom. The van der Waals surface area contributed by atoms with Crippen LogP contribution in [0.5, 0.6) is 0 Å². The Bertz CT molecular complexity index is 6.00. The average molecular weight is 139 g/mol. The first-order chi connectivity index (χ1) is 0. The van der Waals surface area contributed by atoms with Crippen molar-refractivity contribution in [2.75, 3.05) is 0 Å². The molecule has 0 bridgehead atoms. The monoisotopic (exact) mass is 138 g/mol. The van der Waals surface area contributed by atoms with Crippen molar-refractivity contribution < 1.29 is 30.4 Å². The first kappa shape index (κ1) is 41.2. The van der Waals surface area contributed by atoms with Gasteiger partial charge >= 0.3 is 57.2 Å². The Kier molecular flexibility index (Phi) is 220. The van der Waals surface area contributed by atoms with E-state index in [2.05, 4.69) is 0 Å². The van der Waals surface area contributed by atoms with Crippen LogP contribution in [0.2, 0.25) is 0 Å². The van der Waals surface area contributed by atoms with Crippen LogP contribution in [0.4, 0.5) is 0 Å². The van der Waals surface area contributed by atoms with Gasteiger partial charge in [-0.1, -0.05) is 0 Å². The molecule has 0 aromatic rings. The summed E-state index contributed by atoms with van der Waals surface area (Å²) >= 11 is 0. The summed E-state index contributed by atoms with van der Waals surface area (Å²) < 4.78 is 0. The van der Waals surface area contributed by atoms with Gasteiger partial charge in [0, 0.05) is 0 Å². The van der Waals surface area contributed by atoms with Crippen molar-refractivity contribution in [2.45, 2.75) is 0 Å². The molecule has 0 aromatic heterocycles. The van der Waals surface area contributed by atoms with Gasteiger partial charge < -0.3 is 11.0 Å². The van der Waals surface area contributed by atoms with Crippen LogP contribution in [-0.4, -0.2) is 48.7 Å². The van der Waals surface area contributed by atoms with Crippen LogP contribution >= 0.6 is 0 Å². The van der Waals surface area contributed by atoms with Gasteiger partial charge in [0.25, 0.3) is 0 Å². The molecule has 0 aromatic carbocycles. The topological polar surface area (TPSA) is 60.0 Å². The van der Waals surface area contributed by atoms with E-state index in [1.54, 1.807) is 0 Å². The molecular weight excluding hydrogens is 137 g/mol. The summed E-state index contributed by atoms with van der Waals surface area (Å²) in [5.41, 5.74) is 0. The van der Waals surface area contributed by atoms with Crippen LogP contribution in [0.15, 0.2) is 0 Å². The number of hydrogen-bond acceptors (Lipinski definition) is 2. The smallest absolute Gasteiger partial charge is 0.870 e. The molecular formula is H2CaO2Zn+2. The average Bonchev–Trinajstić information content (AvgIpc) is 0. The van der Waals surface area contributed by atoms with Crippen molar-refractivity contribution in [1.29, 1.82) is 0 Å². The van der Waals surface area contributed by atoms with E-state index >= 15 is 0 Å². The summed E-state index contributed by atoms with van der Waals surface area (Å²) in [5, 5.41) is 0. The molecule has 0 atom stereocenters. The molecule has 0 spiro atoms. The van der Waals surface area contributed by atoms with E-state index in [1.807, 2.05) is 0 Å². The zero-order chi connectivity index (χ0) is 0. The molecule has 4 heteroatoms. The van der Waals surface area contributed by atoms with Gasteiger partial charge in [0.05, 0.1) is 0 Å².